The van der Waals surface area contributed by atoms with Crippen LogP contribution in [0.1, 0.15) is 18.9 Å². The zero-order valence-electron chi connectivity index (χ0n) is 11.1. The van der Waals surface area contributed by atoms with Crippen molar-refractivity contribution < 1.29 is 4.39 Å². The molecule has 0 spiro atoms. The fourth-order valence-corrected chi connectivity index (χ4v) is 2.02. The number of anilines is 1. The minimum atomic E-state index is -0.460. The number of hydrogen-bond acceptors (Lipinski definition) is 3. The van der Waals surface area contributed by atoms with Gasteiger partial charge in [-0.05, 0) is 24.1 Å². The van der Waals surface area contributed by atoms with Crippen LogP contribution in [0.2, 0.25) is 5.02 Å². The first-order valence-corrected chi connectivity index (χ1v) is 6.73. The molecule has 0 aliphatic rings. The third-order valence-corrected chi connectivity index (χ3v) is 3.11. The maximum atomic E-state index is 13.0. The molecule has 0 atom stereocenters. The van der Waals surface area contributed by atoms with Crippen LogP contribution in [-0.4, -0.2) is 9.55 Å². The Morgan fingerprint density at radius 3 is 2.95 bits per heavy atom. The molecule has 0 fully saturated rings. The Morgan fingerprint density at radius 2 is 2.25 bits per heavy atom. The van der Waals surface area contributed by atoms with Crippen LogP contribution < -0.4 is 10.9 Å². The molecule has 1 N–H and O–H groups in total. The van der Waals surface area contributed by atoms with Crippen molar-refractivity contribution >= 4 is 17.4 Å². The molecule has 0 aliphatic carbocycles. The van der Waals surface area contributed by atoms with Crippen LogP contribution >= 0.6 is 11.6 Å². The lowest BCUT2D eigenvalue weighted by molar-refractivity contribution is 0.627. The average molecular weight is 296 g/mol. The highest BCUT2D eigenvalue weighted by Crippen LogP contribution is 2.16. The summed E-state index contributed by atoms with van der Waals surface area (Å²) in [4.78, 5) is 16.1. The minimum absolute atomic E-state index is 0.0636. The lowest BCUT2D eigenvalue weighted by Crippen LogP contribution is -2.24. The number of hydrogen-bond donors (Lipinski definition) is 1. The van der Waals surface area contributed by atoms with E-state index in [0.717, 1.165) is 12.0 Å². The van der Waals surface area contributed by atoms with E-state index in [9.17, 15) is 9.18 Å². The first-order valence-electron chi connectivity index (χ1n) is 6.35. The van der Waals surface area contributed by atoms with Gasteiger partial charge in [-0.2, -0.15) is 0 Å². The van der Waals surface area contributed by atoms with E-state index in [4.69, 9.17) is 11.6 Å². The largest absolute Gasteiger partial charge is 0.361 e. The molecule has 106 valence electrons. The van der Waals surface area contributed by atoms with Gasteiger partial charge in [0.15, 0.2) is 5.82 Å². The smallest absolute Gasteiger partial charge is 0.293 e. The van der Waals surface area contributed by atoms with E-state index in [1.54, 1.807) is 23.0 Å². The van der Waals surface area contributed by atoms with E-state index in [2.05, 4.69) is 10.3 Å². The monoisotopic (exact) mass is 295 g/mol. The van der Waals surface area contributed by atoms with E-state index >= 15 is 0 Å². The number of nitrogens with one attached hydrogen (secondary N) is 1. The van der Waals surface area contributed by atoms with Gasteiger partial charge in [0, 0.05) is 25.5 Å². The minimum Gasteiger partial charge on any atom is -0.361 e. The maximum Gasteiger partial charge on any atom is 0.293 e. The van der Waals surface area contributed by atoms with Crippen LogP contribution in [0.25, 0.3) is 0 Å². The van der Waals surface area contributed by atoms with Crippen molar-refractivity contribution in [1.29, 1.82) is 0 Å². The second-order valence-electron chi connectivity index (χ2n) is 4.38. The third-order valence-electron chi connectivity index (χ3n) is 2.82. The molecule has 1 heterocycles. The molecule has 6 heteroatoms. The number of nitrogens with zero attached hydrogens (tertiary/aromatic N) is 2. The van der Waals surface area contributed by atoms with E-state index in [-0.39, 0.29) is 16.4 Å². The maximum absolute atomic E-state index is 13.0. The summed E-state index contributed by atoms with van der Waals surface area (Å²) in [5.41, 5.74) is 0.617. The van der Waals surface area contributed by atoms with Gasteiger partial charge in [0.1, 0.15) is 5.82 Å². The fourth-order valence-electron chi connectivity index (χ4n) is 1.82. The molecular formula is C14H15ClFN3O. The highest BCUT2D eigenvalue weighted by molar-refractivity contribution is 6.30. The molecule has 0 bridgehead atoms. The van der Waals surface area contributed by atoms with E-state index in [0.29, 0.717) is 13.1 Å². The summed E-state index contributed by atoms with van der Waals surface area (Å²) in [6.07, 6.45) is 4.11. The highest BCUT2D eigenvalue weighted by Gasteiger charge is 2.05. The summed E-state index contributed by atoms with van der Waals surface area (Å²) in [5.74, 6) is -0.181. The lowest BCUT2D eigenvalue weighted by atomic mass is 10.2. The van der Waals surface area contributed by atoms with Crippen molar-refractivity contribution in [2.45, 2.75) is 26.4 Å². The predicted molar refractivity (Wildman–Crippen MR) is 77.5 cm³/mol. The molecule has 0 aliphatic heterocycles. The van der Waals surface area contributed by atoms with Crippen molar-refractivity contribution in [3.8, 4) is 0 Å². The van der Waals surface area contributed by atoms with Gasteiger partial charge in [0.25, 0.3) is 5.56 Å². The quantitative estimate of drug-likeness (QED) is 0.922. The van der Waals surface area contributed by atoms with Gasteiger partial charge in [0.05, 0.1) is 5.02 Å². The highest BCUT2D eigenvalue weighted by atomic mass is 35.5. The summed E-state index contributed by atoms with van der Waals surface area (Å²) in [7, 11) is 0. The van der Waals surface area contributed by atoms with Gasteiger partial charge in [-0.15, -0.1) is 0 Å². The zero-order valence-corrected chi connectivity index (χ0v) is 11.8. The molecule has 1 aromatic heterocycles. The Morgan fingerprint density at radius 1 is 1.45 bits per heavy atom. The van der Waals surface area contributed by atoms with Gasteiger partial charge in [-0.25, -0.2) is 9.37 Å². The summed E-state index contributed by atoms with van der Waals surface area (Å²) in [5, 5.41) is 3.01. The molecule has 0 unspecified atom stereocenters. The zero-order chi connectivity index (χ0) is 14.5. The van der Waals surface area contributed by atoms with E-state index in [1.807, 2.05) is 6.92 Å². The van der Waals surface area contributed by atoms with Crippen molar-refractivity contribution in [3.63, 3.8) is 0 Å². The lowest BCUT2D eigenvalue weighted by Gasteiger charge is -2.08. The Kier molecular flexibility index (Phi) is 4.74. The summed E-state index contributed by atoms with van der Waals surface area (Å²) >= 11 is 5.71. The molecule has 1 aromatic carbocycles. The van der Waals surface area contributed by atoms with Crippen molar-refractivity contribution in [2.75, 3.05) is 5.32 Å². The molecule has 0 saturated heterocycles. The Balaban J connectivity index is 2.12. The second-order valence-corrected chi connectivity index (χ2v) is 4.78. The SMILES string of the molecule is CCCn1ccnc(NCc2ccc(F)c(Cl)c2)c1=O. The van der Waals surface area contributed by atoms with Gasteiger partial charge >= 0.3 is 0 Å². The number of aromatic nitrogens is 2. The number of aryl methyl sites for hydroxylation is 1. The van der Waals surface area contributed by atoms with Crippen molar-refractivity contribution in [2.24, 2.45) is 0 Å². The summed E-state index contributed by atoms with van der Waals surface area (Å²) in [6, 6.07) is 4.44. The Hall–Kier alpha value is -1.88. The predicted octanol–water partition coefficient (Wildman–Crippen LogP) is 3.06. The first kappa shape index (κ1) is 14.5. The van der Waals surface area contributed by atoms with E-state index < -0.39 is 5.82 Å². The van der Waals surface area contributed by atoms with E-state index in [1.165, 1.54) is 12.1 Å². The number of rotatable bonds is 5. The molecule has 2 rings (SSSR count). The standard InChI is InChI=1S/C14H15ClFN3O/c1-2-6-19-7-5-17-13(14(19)20)18-9-10-3-4-12(16)11(15)8-10/h3-5,7-8H,2,6,9H2,1H3,(H,17,18). The van der Waals surface area contributed by atoms with Gasteiger partial charge in [-0.3, -0.25) is 4.79 Å². The van der Waals surface area contributed by atoms with Gasteiger partial charge in [-0.1, -0.05) is 24.6 Å². The summed E-state index contributed by atoms with van der Waals surface area (Å²) in [6.45, 7) is 3.01. The Labute approximate surface area is 121 Å². The van der Waals surface area contributed by atoms with Crippen molar-refractivity contribution in [1.82, 2.24) is 9.55 Å². The van der Waals surface area contributed by atoms with Crippen LogP contribution in [0.5, 0.6) is 0 Å². The number of halogens is 2. The topological polar surface area (TPSA) is 46.9 Å². The molecule has 2 aromatic rings. The third kappa shape index (κ3) is 3.36. The van der Waals surface area contributed by atoms with Crippen LogP contribution in [0.3, 0.4) is 0 Å². The summed E-state index contributed by atoms with van der Waals surface area (Å²) < 4.78 is 14.6. The van der Waals surface area contributed by atoms with Crippen molar-refractivity contribution in [3.05, 3.63) is 57.3 Å². The van der Waals surface area contributed by atoms with Crippen LogP contribution in [-0.2, 0) is 13.1 Å². The molecule has 4 nitrogen and oxygen atoms in total. The Bertz CT molecular complexity index is 657. The van der Waals surface area contributed by atoms with Gasteiger partial charge in [0.2, 0.25) is 0 Å². The molecular weight excluding hydrogens is 281 g/mol. The van der Waals surface area contributed by atoms with Crippen LogP contribution in [0.15, 0.2) is 35.4 Å². The fraction of sp³-hybridized carbons (Fsp3) is 0.286. The molecule has 0 amide bonds. The van der Waals surface area contributed by atoms with Crippen LogP contribution in [0, 0.1) is 5.82 Å². The second kappa shape index (κ2) is 6.52. The molecule has 0 saturated carbocycles. The normalized spacial score (nSPS) is 10.6. The molecule has 0 radical (unpaired) electrons. The number of benzene rings is 1. The molecule has 20 heavy (non-hydrogen) atoms. The average Bonchev–Trinajstić information content (AvgIpc) is 2.44. The van der Waals surface area contributed by atoms with Gasteiger partial charge < -0.3 is 9.88 Å². The first-order chi connectivity index (χ1) is 9.61. The van der Waals surface area contributed by atoms with Crippen LogP contribution in [0.4, 0.5) is 10.2 Å².